The molecule has 1 aromatic heterocycles. The number of aryl methyl sites for hydroxylation is 1. The second kappa shape index (κ2) is 4.71. The zero-order chi connectivity index (χ0) is 12.6. The van der Waals surface area contributed by atoms with Gasteiger partial charge in [-0.2, -0.15) is 0 Å². The minimum Gasteiger partial charge on any atom is -0.466 e. The molecule has 2 aliphatic rings. The number of hydrogen-bond acceptors (Lipinski definition) is 3. The average molecular weight is 250 g/mol. The monoisotopic (exact) mass is 250 g/mol. The van der Waals surface area contributed by atoms with Crippen LogP contribution in [0.2, 0.25) is 0 Å². The minimum absolute atomic E-state index is 0.0599. The maximum Gasteiger partial charge on any atom is 0.135 e. The lowest BCUT2D eigenvalue weighted by molar-refractivity contribution is -0.115. The van der Waals surface area contributed by atoms with E-state index >= 15 is 0 Å². The van der Waals surface area contributed by atoms with E-state index in [0.29, 0.717) is 0 Å². The van der Waals surface area contributed by atoms with Gasteiger partial charge < -0.3 is 14.3 Å². The molecule has 1 spiro atoms. The van der Waals surface area contributed by atoms with Crippen LogP contribution >= 0.6 is 0 Å². The predicted octanol–water partition coefficient (Wildman–Crippen LogP) is 3.36. The van der Waals surface area contributed by atoms with Crippen LogP contribution in [0.3, 0.4) is 0 Å². The zero-order valence-electron chi connectivity index (χ0n) is 11.0. The Kier molecular flexibility index (Phi) is 3.20. The Hall–Kier alpha value is -0.800. The zero-order valence-corrected chi connectivity index (χ0v) is 11.0. The van der Waals surface area contributed by atoms with Crippen molar-refractivity contribution in [2.75, 3.05) is 6.61 Å². The number of hydrogen-bond donors (Lipinski definition) is 1. The molecule has 0 radical (unpaired) electrons. The Bertz CT molecular complexity index is 404. The second-order valence-electron chi connectivity index (χ2n) is 5.90. The molecule has 3 heteroatoms. The first kappa shape index (κ1) is 12.2. The van der Waals surface area contributed by atoms with E-state index in [1.54, 1.807) is 6.26 Å². The van der Waals surface area contributed by atoms with Crippen LogP contribution in [0.25, 0.3) is 0 Å². The van der Waals surface area contributed by atoms with Crippen molar-refractivity contribution in [3.8, 4) is 0 Å². The summed E-state index contributed by atoms with van der Waals surface area (Å²) in [6.07, 6.45) is 7.96. The van der Waals surface area contributed by atoms with Crippen LogP contribution < -0.4 is 0 Å². The van der Waals surface area contributed by atoms with Crippen LogP contribution in [0.4, 0.5) is 0 Å². The average Bonchev–Trinajstić information content (AvgIpc) is 2.98. The molecule has 2 atom stereocenters. The van der Waals surface area contributed by atoms with Crippen LogP contribution in [0.5, 0.6) is 0 Å². The van der Waals surface area contributed by atoms with Gasteiger partial charge in [-0.3, -0.25) is 0 Å². The highest BCUT2D eigenvalue weighted by molar-refractivity contribution is 5.18. The molecule has 1 aliphatic heterocycles. The topological polar surface area (TPSA) is 42.6 Å². The second-order valence-corrected chi connectivity index (χ2v) is 5.90. The van der Waals surface area contributed by atoms with E-state index in [4.69, 9.17) is 9.15 Å². The molecule has 0 amide bonds. The largest absolute Gasteiger partial charge is 0.466 e. The van der Waals surface area contributed by atoms with Gasteiger partial charge in [0.05, 0.1) is 11.9 Å². The summed E-state index contributed by atoms with van der Waals surface area (Å²) in [6.45, 7) is 2.77. The molecule has 0 aromatic carbocycles. The summed E-state index contributed by atoms with van der Waals surface area (Å²) in [7, 11) is 0. The summed E-state index contributed by atoms with van der Waals surface area (Å²) in [5, 5.41) is 10.5. The first-order valence-electron chi connectivity index (χ1n) is 7.06. The number of aliphatic hydroxyl groups is 1. The van der Waals surface area contributed by atoms with E-state index in [0.717, 1.165) is 43.6 Å². The van der Waals surface area contributed by atoms with Gasteiger partial charge in [-0.15, -0.1) is 0 Å². The smallest absolute Gasteiger partial charge is 0.135 e. The summed E-state index contributed by atoms with van der Waals surface area (Å²) in [6, 6.07) is 1.92. The quantitative estimate of drug-likeness (QED) is 0.875. The van der Waals surface area contributed by atoms with Gasteiger partial charge in [-0.1, -0.05) is 12.8 Å². The Morgan fingerprint density at radius 3 is 2.83 bits per heavy atom. The maximum atomic E-state index is 10.5. The Labute approximate surface area is 108 Å². The lowest BCUT2D eigenvalue weighted by atomic mass is 9.80. The molecule has 18 heavy (non-hydrogen) atoms. The third kappa shape index (κ3) is 2.10. The van der Waals surface area contributed by atoms with Crippen LogP contribution in [0.1, 0.15) is 56.0 Å². The van der Waals surface area contributed by atoms with Crippen LogP contribution in [0.15, 0.2) is 16.7 Å². The summed E-state index contributed by atoms with van der Waals surface area (Å²) in [4.78, 5) is 0. The van der Waals surface area contributed by atoms with Crippen LogP contribution in [-0.2, 0) is 4.74 Å². The highest BCUT2D eigenvalue weighted by atomic mass is 16.5. The standard InChI is InChI=1S/C15H22O3/c1-11-4-8-17-14(11)13(16)12-5-9-18-15(10-12)6-2-3-7-15/h4,8,12-13,16H,2-3,5-7,9-10H2,1H3. The lowest BCUT2D eigenvalue weighted by Gasteiger charge is -2.39. The third-order valence-electron chi connectivity index (χ3n) is 4.66. The van der Waals surface area contributed by atoms with Gasteiger partial charge in [0.25, 0.3) is 0 Å². The molecule has 1 aliphatic carbocycles. The predicted molar refractivity (Wildman–Crippen MR) is 68.3 cm³/mol. The van der Waals surface area contributed by atoms with Gasteiger partial charge >= 0.3 is 0 Å². The fraction of sp³-hybridized carbons (Fsp3) is 0.733. The normalized spacial score (nSPS) is 28.7. The van der Waals surface area contributed by atoms with E-state index in [1.807, 2.05) is 13.0 Å². The molecule has 1 saturated heterocycles. The molecule has 3 rings (SSSR count). The summed E-state index contributed by atoms with van der Waals surface area (Å²) >= 11 is 0. The van der Waals surface area contributed by atoms with Crippen molar-refractivity contribution in [3.05, 3.63) is 23.7 Å². The van der Waals surface area contributed by atoms with Gasteiger partial charge in [0.2, 0.25) is 0 Å². The van der Waals surface area contributed by atoms with Gasteiger partial charge in [0.1, 0.15) is 11.9 Å². The number of furan rings is 1. The van der Waals surface area contributed by atoms with Gasteiger partial charge in [-0.25, -0.2) is 0 Å². The Morgan fingerprint density at radius 1 is 1.39 bits per heavy atom. The lowest BCUT2D eigenvalue weighted by Crippen LogP contribution is -2.39. The first-order chi connectivity index (χ1) is 8.70. The number of ether oxygens (including phenoxy) is 1. The SMILES string of the molecule is Cc1ccoc1C(O)C1CCOC2(CCCC2)C1. The molecule has 1 saturated carbocycles. The van der Waals surface area contributed by atoms with E-state index in [1.165, 1.54) is 12.8 Å². The number of rotatable bonds is 2. The molecule has 1 N–H and O–H groups in total. The third-order valence-corrected chi connectivity index (χ3v) is 4.66. The molecular weight excluding hydrogens is 228 g/mol. The molecule has 100 valence electrons. The Balaban J connectivity index is 1.74. The fourth-order valence-corrected chi connectivity index (χ4v) is 3.60. The van der Waals surface area contributed by atoms with E-state index in [2.05, 4.69) is 0 Å². The fourth-order valence-electron chi connectivity index (χ4n) is 3.60. The summed E-state index contributed by atoms with van der Waals surface area (Å²) in [5.74, 6) is 1.02. The van der Waals surface area contributed by atoms with E-state index < -0.39 is 6.10 Å². The Morgan fingerprint density at radius 2 is 2.17 bits per heavy atom. The molecule has 1 aromatic rings. The van der Waals surface area contributed by atoms with Gasteiger partial charge in [0, 0.05) is 6.61 Å². The van der Waals surface area contributed by atoms with E-state index in [-0.39, 0.29) is 11.5 Å². The molecule has 0 bridgehead atoms. The van der Waals surface area contributed by atoms with Gasteiger partial charge in [0.15, 0.2) is 0 Å². The van der Waals surface area contributed by atoms with Crippen molar-refractivity contribution < 1.29 is 14.3 Å². The highest BCUT2D eigenvalue weighted by Gasteiger charge is 2.42. The van der Waals surface area contributed by atoms with Crippen molar-refractivity contribution in [3.63, 3.8) is 0 Å². The van der Waals surface area contributed by atoms with Crippen molar-refractivity contribution >= 4 is 0 Å². The molecule has 2 fully saturated rings. The van der Waals surface area contributed by atoms with Crippen molar-refractivity contribution in [2.45, 2.75) is 57.2 Å². The van der Waals surface area contributed by atoms with Gasteiger partial charge in [-0.05, 0) is 50.2 Å². The summed E-state index contributed by atoms with van der Waals surface area (Å²) < 4.78 is 11.5. The molecular formula is C15H22O3. The highest BCUT2D eigenvalue weighted by Crippen LogP contribution is 2.45. The van der Waals surface area contributed by atoms with Crippen molar-refractivity contribution in [1.82, 2.24) is 0 Å². The minimum atomic E-state index is -0.471. The molecule has 2 unspecified atom stereocenters. The van der Waals surface area contributed by atoms with E-state index in [9.17, 15) is 5.11 Å². The van der Waals surface area contributed by atoms with Crippen LogP contribution in [-0.4, -0.2) is 17.3 Å². The van der Waals surface area contributed by atoms with Crippen molar-refractivity contribution in [2.24, 2.45) is 5.92 Å². The molecule has 3 nitrogen and oxygen atoms in total. The molecule has 2 heterocycles. The van der Waals surface area contributed by atoms with Crippen molar-refractivity contribution in [1.29, 1.82) is 0 Å². The summed E-state index contributed by atoms with van der Waals surface area (Å²) in [5.41, 5.74) is 1.11. The first-order valence-corrected chi connectivity index (χ1v) is 7.06. The van der Waals surface area contributed by atoms with Crippen LogP contribution in [0, 0.1) is 12.8 Å². The maximum absolute atomic E-state index is 10.5. The number of aliphatic hydroxyl groups excluding tert-OH is 1.